The van der Waals surface area contributed by atoms with Crippen molar-refractivity contribution in [2.75, 3.05) is 7.11 Å². The van der Waals surface area contributed by atoms with E-state index in [0.29, 0.717) is 17.6 Å². The lowest BCUT2D eigenvalue weighted by Crippen LogP contribution is -2.10. The van der Waals surface area contributed by atoms with E-state index in [4.69, 9.17) is 9.72 Å². The van der Waals surface area contributed by atoms with Gasteiger partial charge in [-0.05, 0) is 32.3 Å². The maximum Gasteiger partial charge on any atom is 0.229 e. The number of hydrogen-bond donors (Lipinski definition) is 1. The largest absolute Gasteiger partial charge is 0.492 e. The Bertz CT molecular complexity index is 1550. The minimum atomic E-state index is -0.0737. The van der Waals surface area contributed by atoms with Crippen LogP contribution in [-0.4, -0.2) is 51.5 Å². The molecule has 10 nitrogen and oxygen atoms in total. The number of aromatic hydroxyl groups is 1. The lowest BCUT2D eigenvalue weighted by molar-refractivity contribution is 0.397. The van der Waals surface area contributed by atoms with Crippen LogP contribution in [-0.2, 0) is 6.54 Å². The number of methoxy groups -OCH3 is 1. The quantitative estimate of drug-likeness (QED) is 0.364. The fourth-order valence-corrected chi connectivity index (χ4v) is 4.58. The smallest absolute Gasteiger partial charge is 0.229 e. The number of aryl methyl sites for hydroxylation is 1. The lowest BCUT2D eigenvalue weighted by atomic mass is 10.1. The van der Waals surface area contributed by atoms with Gasteiger partial charge in [-0.1, -0.05) is 24.3 Å². The fraction of sp³-hybridized carbons (Fsp3) is 0.308. The van der Waals surface area contributed by atoms with Crippen molar-refractivity contribution in [3.8, 4) is 34.5 Å². The number of aromatic nitrogens is 8. The van der Waals surface area contributed by atoms with Crippen LogP contribution in [0.25, 0.3) is 33.8 Å². The van der Waals surface area contributed by atoms with Crippen LogP contribution in [0.5, 0.6) is 11.8 Å². The molecule has 36 heavy (non-hydrogen) atoms. The van der Waals surface area contributed by atoms with Gasteiger partial charge in [-0.2, -0.15) is 10.1 Å². The molecule has 1 saturated carbocycles. The summed E-state index contributed by atoms with van der Waals surface area (Å²) in [5.41, 5.74) is 4.43. The molecule has 4 heterocycles. The molecule has 0 saturated heterocycles. The van der Waals surface area contributed by atoms with Gasteiger partial charge in [0, 0.05) is 24.2 Å². The summed E-state index contributed by atoms with van der Waals surface area (Å²) in [5, 5.41) is 15.3. The number of hydrogen-bond acceptors (Lipinski definition) is 8. The molecule has 1 atom stereocenters. The van der Waals surface area contributed by atoms with Crippen LogP contribution < -0.4 is 4.74 Å². The molecule has 0 bridgehead atoms. The summed E-state index contributed by atoms with van der Waals surface area (Å²) in [5.74, 6) is 2.17. The van der Waals surface area contributed by atoms with Crippen molar-refractivity contribution < 1.29 is 9.84 Å². The van der Waals surface area contributed by atoms with E-state index in [0.717, 1.165) is 58.6 Å². The Morgan fingerprint density at radius 3 is 2.61 bits per heavy atom. The molecule has 1 aromatic carbocycles. The summed E-state index contributed by atoms with van der Waals surface area (Å²) < 4.78 is 9.37. The highest BCUT2D eigenvalue weighted by molar-refractivity contribution is 5.77. The van der Waals surface area contributed by atoms with Gasteiger partial charge in [0.05, 0.1) is 36.6 Å². The molecule has 10 heteroatoms. The van der Waals surface area contributed by atoms with Crippen molar-refractivity contribution in [2.45, 2.75) is 45.2 Å². The topological polar surface area (TPSA) is 117 Å². The molecule has 1 N–H and O–H groups in total. The number of nitrogens with zero attached hydrogens (tertiary/aromatic N) is 8. The Balaban J connectivity index is 1.37. The van der Waals surface area contributed by atoms with E-state index in [9.17, 15) is 5.11 Å². The molecule has 0 spiro atoms. The maximum atomic E-state index is 9.81. The second-order valence-corrected chi connectivity index (χ2v) is 8.99. The highest BCUT2D eigenvalue weighted by atomic mass is 16.5. The van der Waals surface area contributed by atoms with Gasteiger partial charge >= 0.3 is 0 Å². The van der Waals surface area contributed by atoms with Crippen molar-refractivity contribution in [3.63, 3.8) is 0 Å². The molecule has 182 valence electrons. The van der Waals surface area contributed by atoms with Gasteiger partial charge in [0.1, 0.15) is 17.7 Å². The average molecular weight is 483 g/mol. The van der Waals surface area contributed by atoms with Crippen molar-refractivity contribution in [1.29, 1.82) is 0 Å². The van der Waals surface area contributed by atoms with Gasteiger partial charge in [-0.3, -0.25) is 0 Å². The summed E-state index contributed by atoms with van der Waals surface area (Å²) in [4.78, 5) is 22.6. The third-order valence-electron chi connectivity index (χ3n) is 6.68. The van der Waals surface area contributed by atoms with E-state index in [1.807, 2.05) is 28.3 Å². The molecule has 1 aliphatic rings. The highest BCUT2D eigenvalue weighted by Gasteiger charge is 2.31. The molecule has 5 aromatic rings. The number of imidazole rings is 1. The third-order valence-corrected chi connectivity index (χ3v) is 6.68. The zero-order valence-electron chi connectivity index (χ0n) is 20.3. The minimum absolute atomic E-state index is 0.0214. The molecule has 0 unspecified atom stereocenters. The minimum Gasteiger partial charge on any atom is -0.492 e. The van der Waals surface area contributed by atoms with E-state index in [-0.39, 0.29) is 11.9 Å². The highest BCUT2D eigenvalue weighted by Crippen LogP contribution is 2.45. The predicted octanol–water partition coefficient (Wildman–Crippen LogP) is 4.37. The first-order valence-corrected chi connectivity index (χ1v) is 12.0. The van der Waals surface area contributed by atoms with Crippen LogP contribution in [0.4, 0.5) is 0 Å². The Morgan fingerprint density at radius 1 is 1.08 bits per heavy atom. The zero-order valence-corrected chi connectivity index (χ0v) is 20.3. The van der Waals surface area contributed by atoms with E-state index >= 15 is 0 Å². The third kappa shape index (κ3) is 3.74. The zero-order chi connectivity index (χ0) is 24.8. The molecule has 1 fully saturated rings. The molecule has 0 amide bonds. The predicted molar refractivity (Wildman–Crippen MR) is 134 cm³/mol. The van der Waals surface area contributed by atoms with Crippen LogP contribution in [0.1, 0.15) is 49.9 Å². The van der Waals surface area contributed by atoms with Crippen LogP contribution >= 0.6 is 0 Å². The summed E-state index contributed by atoms with van der Waals surface area (Å²) in [6.45, 7) is 4.83. The molecular weight excluding hydrogens is 456 g/mol. The molecule has 0 aliphatic heterocycles. The summed E-state index contributed by atoms with van der Waals surface area (Å²) in [6.07, 6.45) is 8.94. The van der Waals surface area contributed by atoms with Crippen LogP contribution in [0.2, 0.25) is 0 Å². The first kappa shape index (κ1) is 22.1. The van der Waals surface area contributed by atoms with Gasteiger partial charge in [0.15, 0.2) is 11.5 Å². The standard InChI is InChI=1S/C26H26N8O2/c1-4-33-13-20(35)31-24(33)18-9-5-16(6-10-18)15(2)34-25-19(12-30-34)11-27-23(32-25)21-22(17-7-8-17)28-14-29-26(21)36-3/h5-6,9-15,17,35H,4,7-8H2,1-3H3/t15-/m0/s1. The average Bonchev–Trinajstić information content (AvgIpc) is 3.57. The summed E-state index contributed by atoms with van der Waals surface area (Å²) >= 11 is 0. The molecular formula is C26H26N8O2. The van der Waals surface area contributed by atoms with Crippen molar-refractivity contribution in [1.82, 2.24) is 39.3 Å². The number of rotatable bonds is 7. The monoisotopic (exact) mass is 482 g/mol. The van der Waals surface area contributed by atoms with E-state index in [1.165, 1.54) is 0 Å². The number of fused-ring (bicyclic) bond motifs is 1. The van der Waals surface area contributed by atoms with Crippen LogP contribution in [0.15, 0.2) is 49.2 Å². The maximum absolute atomic E-state index is 9.81. The van der Waals surface area contributed by atoms with Gasteiger partial charge < -0.3 is 14.4 Å². The van der Waals surface area contributed by atoms with E-state index in [2.05, 4.69) is 44.1 Å². The van der Waals surface area contributed by atoms with Crippen molar-refractivity contribution in [3.05, 3.63) is 60.4 Å². The van der Waals surface area contributed by atoms with Gasteiger partial charge in [-0.25, -0.2) is 24.6 Å². The molecule has 4 aromatic heterocycles. The van der Waals surface area contributed by atoms with Gasteiger partial charge in [-0.15, -0.1) is 0 Å². The van der Waals surface area contributed by atoms with Crippen molar-refractivity contribution in [2.24, 2.45) is 0 Å². The number of ether oxygens (including phenoxy) is 1. The lowest BCUT2D eigenvalue weighted by Gasteiger charge is -2.15. The van der Waals surface area contributed by atoms with Crippen molar-refractivity contribution >= 4 is 11.0 Å². The van der Waals surface area contributed by atoms with Crippen LogP contribution in [0, 0.1) is 0 Å². The van der Waals surface area contributed by atoms with Gasteiger partial charge in [0.25, 0.3) is 0 Å². The molecule has 6 rings (SSSR count). The SMILES string of the molecule is CCn1cc(O)nc1-c1ccc([C@H](C)n2ncc3cnc(-c4c(OC)ncnc4C4CC4)nc32)cc1. The Kier molecular flexibility index (Phi) is 5.36. The molecule has 1 aliphatic carbocycles. The fourth-order valence-electron chi connectivity index (χ4n) is 4.58. The first-order valence-electron chi connectivity index (χ1n) is 12.0. The Hall–Kier alpha value is -4.34. The van der Waals surface area contributed by atoms with E-state index < -0.39 is 0 Å². The Labute approximate surface area is 207 Å². The van der Waals surface area contributed by atoms with E-state index in [1.54, 1.807) is 32.0 Å². The summed E-state index contributed by atoms with van der Waals surface area (Å²) in [7, 11) is 1.60. The Morgan fingerprint density at radius 2 is 1.89 bits per heavy atom. The van der Waals surface area contributed by atoms with Gasteiger partial charge in [0.2, 0.25) is 11.8 Å². The number of benzene rings is 1. The first-order chi connectivity index (χ1) is 17.6. The summed E-state index contributed by atoms with van der Waals surface area (Å²) in [6, 6.07) is 8.07. The second kappa shape index (κ2) is 8.71. The second-order valence-electron chi connectivity index (χ2n) is 8.99. The van der Waals surface area contributed by atoms with Crippen LogP contribution in [0.3, 0.4) is 0 Å². The normalized spacial score (nSPS) is 14.3. The molecule has 0 radical (unpaired) electrons.